The van der Waals surface area contributed by atoms with Crippen molar-refractivity contribution in [2.75, 3.05) is 7.05 Å². The van der Waals surface area contributed by atoms with Crippen molar-refractivity contribution in [1.29, 1.82) is 0 Å². The number of hydrogen-bond acceptors (Lipinski definition) is 5. The number of esters is 1. The normalized spacial score (nSPS) is 11.0. The van der Waals surface area contributed by atoms with Gasteiger partial charge in [0.25, 0.3) is 5.91 Å². The number of nitrogens with one attached hydrogen (secondary N) is 1. The summed E-state index contributed by atoms with van der Waals surface area (Å²) >= 11 is 0. The lowest BCUT2D eigenvalue weighted by molar-refractivity contribution is 0.00692. The number of phenolic OH excluding ortho intramolecular Hbond substituents is 1. The van der Waals surface area contributed by atoms with Crippen LogP contribution in [0.1, 0.15) is 52.9 Å². The zero-order valence-corrected chi connectivity index (χ0v) is 14.8. The molecule has 2 aromatic rings. The number of pyridine rings is 1. The Bertz CT molecular complexity index is 794. The summed E-state index contributed by atoms with van der Waals surface area (Å²) in [5, 5.41) is 12.1. The molecule has 0 unspecified atom stereocenters. The molecule has 1 amide bonds. The number of hydrogen-bond donors (Lipinski definition) is 2. The summed E-state index contributed by atoms with van der Waals surface area (Å²) in [5.41, 5.74) is 1.11. The molecule has 1 aromatic heterocycles. The van der Waals surface area contributed by atoms with Crippen LogP contribution in [0.4, 0.5) is 0 Å². The molecule has 0 aliphatic rings. The summed E-state index contributed by atoms with van der Waals surface area (Å²) in [6.45, 7) is 5.33. The highest BCUT2D eigenvalue weighted by Gasteiger charge is 2.20. The first-order chi connectivity index (χ1) is 11.7. The third-order valence-corrected chi connectivity index (χ3v) is 3.27. The molecule has 132 valence electrons. The largest absolute Gasteiger partial charge is 0.508 e. The SMILES string of the molecule is CNC(=O)c1cc(C(=O)OC(C)(C)C)cc(Cc2cccc(O)c2)n1. The lowest BCUT2D eigenvalue weighted by atomic mass is 10.1. The van der Waals surface area contributed by atoms with Gasteiger partial charge >= 0.3 is 5.97 Å². The van der Waals surface area contributed by atoms with Gasteiger partial charge in [0, 0.05) is 19.2 Å². The smallest absolute Gasteiger partial charge is 0.338 e. The van der Waals surface area contributed by atoms with Gasteiger partial charge in [-0.3, -0.25) is 4.79 Å². The Kier molecular flexibility index (Phi) is 5.41. The van der Waals surface area contributed by atoms with Crippen LogP contribution >= 0.6 is 0 Å². The third-order valence-electron chi connectivity index (χ3n) is 3.27. The second-order valence-corrected chi connectivity index (χ2v) is 6.66. The Hall–Kier alpha value is -2.89. The summed E-state index contributed by atoms with van der Waals surface area (Å²) in [4.78, 5) is 28.6. The van der Waals surface area contributed by atoms with Crippen molar-refractivity contribution in [2.45, 2.75) is 32.8 Å². The molecule has 0 spiro atoms. The average molecular weight is 342 g/mol. The number of rotatable bonds is 4. The Morgan fingerprint density at radius 1 is 1.20 bits per heavy atom. The van der Waals surface area contributed by atoms with Crippen LogP contribution in [0.25, 0.3) is 0 Å². The predicted octanol–water partition coefficient (Wildman–Crippen LogP) is 2.69. The van der Waals surface area contributed by atoms with E-state index in [9.17, 15) is 14.7 Å². The van der Waals surface area contributed by atoms with Crippen molar-refractivity contribution in [3.63, 3.8) is 0 Å². The fourth-order valence-electron chi connectivity index (χ4n) is 2.25. The van der Waals surface area contributed by atoms with E-state index in [2.05, 4.69) is 10.3 Å². The molecular formula is C19H22N2O4. The van der Waals surface area contributed by atoms with Crippen LogP contribution in [0.2, 0.25) is 0 Å². The first kappa shape index (κ1) is 18.4. The summed E-state index contributed by atoms with van der Waals surface area (Å²) in [6.07, 6.45) is 0.370. The first-order valence-electron chi connectivity index (χ1n) is 7.92. The quantitative estimate of drug-likeness (QED) is 0.834. The number of phenols is 1. The lowest BCUT2D eigenvalue weighted by Gasteiger charge is -2.20. The maximum atomic E-state index is 12.4. The maximum Gasteiger partial charge on any atom is 0.338 e. The van der Waals surface area contributed by atoms with Crippen molar-refractivity contribution in [2.24, 2.45) is 0 Å². The minimum atomic E-state index is -0.640. The molecule has 0 aliphatic carbocycles. The van der Waals surface area contributed by atoms with Gasteiger partial charge in [0.15, 0.2) is 0 Å². The van der Waals surface area contributed by atoms with E-state index in [1.807, 2.05) is 6.07 Å². The first-order valence-corrected chi connectivity index (χ1v) is 7.92. The fraction of sp³-hybridized carbons (Fsp3) is 0.316. The van der Waals surface area contributed by atoms with E-state index in [4.69, 9.17) is 4.74 Å². The molecule has 0 fully saturated rings. The molecule has 0 radical (unpaired) electrons. The van der Waals surface area contributed by atoms with E-state index in [-0.39, 0.29) is 22.9 Å². The van der Waals surface area contributed by atoms with Gasteiger partial charge in [-0.05, 0) is 50.6 Å². The van der Waals surface area contributed by atoms with Crippen molar-refractivity contribution in [3.05, 3.63) is 58.9 Å². The van der Waals surface area contributed by atoms with Crippen LogP contribution in [0.3, 0.4) is 0 Å². The van der Waals surface area contributed by atoms with Crippen molar-refractivity contribution >= 4 is 11.9 Å². The number of nitrogens with zero attached hydrogens (tertiary/aromatic N) is 1. The maximum absolute atomic E-state index is 12.4. The lowest BCUT2D eigenvalue weighted by Crippen LogP contribution is -2.25. The van der Waals surface area contributed by atoms with Gasteiger partial charge in [-0.25, -0.2) is 9.78 Å². The van der Waals surface area contributed by atoms with Crippen molar-refractivity contribution < 1.29 is 19.4 Å². The zero-order valence-electron chi connectivity index (χ0n) is 14.8. The summed E-state index contributed by atoms with van der Waals surface area (Å²) < 4.78 is 5.38. The second-order valence-electron chi connectivity index (χ2n) is 6.66. The molecule has 0 atom stereocenters. The zero-order chi connectivity index (χ0) is 18.6. The molecule has 0 saturated carbocycles. The molecule has 1 heterocycles. The van der Waals surface area contributed by atoms with E-state index in [1.54, 1.807) is 45.0 Å². The topological polar surface area (TPSA) is 88.5 Å². The highest BCUT2D eigenvalue weighted by atomic mass is 16.6. The summed E-state index contributed by atoms with van der Waals surface area (Å²) in [5.74, 6) is -0.757. The van der Waals surface area contributed by atoms with E-state index in [0.717, 1.165) is 5.56 Å². The van der Waals surface area contributed by atoms with E-state index in [1.165, 1.54) is 13.1 Å². The molecule has 6 nitrogen and oxygen atoms in total. The van der Waals surface area contributed by atoms with Gasteiger partial charge < -0.3 is 15.2 Å². The molecule has 25 heavy (non-hydrogen) atoms. The number of carbonyl (C=O) groups is 2. The van der Waals surface area contributed by atoms with Crippen molar-refractivity contribution in [1.82, 2.24) is 10.3 Å². The number of aromatic nitrogens is 1. The minimum Gasteiger partial charge on any atom is -0.508 e. The van der Waals surface area contributed by atoms with Gasteiger partial charge in [0.2, 0.25) is 0 Å². The molecule has 1 aromatic carbocycles. The van der Waals surface area contributed by atoms with Crippen LogP contribution in [-0.4, -0.2) is 34.6 Å². The van der Waals surface area contributed by atoms with Crippen LogP contribution in [0, 0.1) is 0 Å². The third kappa shape index (κ3) is 5.31. The minimum absolute atomic E-state index is 0.140. The van der Waals surface area contributed by atoms with Crippen molar-refractivity contribution in [3.8, 4) is 5.75 Å². The van der Waals surface area contributed by atoms with Crippen LogP contribution in [0.15, 0.2) is 36.4 Å². The number of aromatic hydroxyl groups is 1. The molecule has 2 N–H and O–H groups in total. The van der Waals surface area contributed by atoms with Crippen LogP contribution in [-0.2, 0) is 11.2 Å². The highest BCUT2D eigenvalue weighted by molar-refractivity contribution is 5.96. The van der Waals surface area contributed by atoms with Crippen LogP contribution in [0.5, 0.6) is 5.75 Å². The summed E-state index contributed by atoms with van der Waals surface area (Å²) in [6, 6.07) is 9.76. The highest BCUT2D eigenvalue weighted by Crippen LogP contribution is 2.18. The number of ether oxygens (including phenoxy) is 1. The molecule has 0 bridgehead atoms. The van der Waals surface area contributed by atoms with E-state index < -0.39 is 11.6 Å². The van der Waals surface area contributed by atoms with Crippen LogP contribution < -0.4 is 5.32 Å². The molecule has 2 rings (SSSR count). The molecule has 6 heteroatoms. The van der Waals surface area contributed by atoms with Gasteiger partial charge in [-0.1, -0.05) is 12.1 Å². The van der Waals surface area contributed by atoms with Gasteiger partial charge in [-0.2, -0.15) is 0 Å². The number of benzene rings is 1. The number of amides is 1. The molecule has 0 saturated heterocycles. The van der Waals surface area contributed by atoms with E-state index >= 15 is 0 Å². The predicted molar refractivity (Wildman–Crippen MR) is 93.7 cm³/mol. The molecular weight excluding hydrogens is 320 g/mol. The van der Waals surface area contributed by atoms with E-state index in [0.29, 0.717) is 12.1 Å². The Labute approximate surface area is 146 Å². The number of carbonyl (C=O) groups excluding carboxylic acids is 2. The average Bonchev–Trinajstić information content (AvgIpc) is 2.52. The monoisotopic (exact) mass is 342 g/mol. The summed E-state index contributed by atoms with van der Waals surface area (Å²) in [7, 11) is 1.50. The Morgan fingerprint density at radius 3 is 2.52 bits per heavy atom. The fourth-order valence-corrected chi connectivity index (χ4v) is 2.25. The van der Waals surface area contributed by atoms with Gasteiger partial charge in [-0.15, -0.1) is 0 Å². The Balaban J connectivity index is 2.40. The standard InChI is InChI=1S/C19H22N2O4/c1-19(2,3)25-18(24)13-10-14(21-16(11-13)17(23)20-4)8-12-6-5-7-15(22)9-12/h5-7,9-11,22H,8H2,1-4H3,(H,20,23). The van der Waals surface area contributed by atoms with Gasteiger partial charge in [0.1, 0.15) is 17.0 Å². The second kappa shape index (κ2) is 7.34. The van der Waals surface area contributed by atoms with Gasteiger partial charge in [0.05, 0.1) is 5.56 Å². The Morgan fingerprint density at radius 2 is 1.92 bits per heavy atom. The molecule has 0 aliphatic heterocycles.